The van der Waals surface area contributed by atoms with Gasteiger partial charge in [-0.25, -0.2) is 0 Å². The topological polar surface area (TPSA) is 28.9 Å². The average molecular weight is 357 g/mol. The average Bonchev–Trinajstić information content (AvgIpc) is 3.32. The van der Waals surface area contributed by atoms with Gasteiger partial charge in [0.15, 0.2) is 0 Å². The molecule has 0 radical (unpaired) electrons. The Hall–Kier alpha value is -3.78. The summed E-state index contributed by atoms with van der Waals surface area (Å²) in [7, 11) is 0. The summed E-state index contributed by atoms with van der Waals surface area (Å²) >= 11 is 0. The van der Waals surface area contributed by atoms with Crippen molar-refractivity contribution in [3.8, 4) is 0 Å². The van der Waals surface area contributed by atoms with Crippen LogP contribution in [0.2, 0.25) is 0 Å². The largest absolute Gasteiger partial charge is 0.455 e. The van der Waals surface area contributed by atoms with Crippen LogP contribution in [0.3, 0.4) is 0 Å². The molecule has 0 saturated heterocycles. The van der Waals surface area contributed by atoms with Crippen LogP contribution in [0.25, 0.3) is 65.3 Å². The molecule has 0 amide bonds. The molecule has 2 heterocycles. The summed E-state index contributed by atoms with van der Waals surface area (Å²) in [6.07, 6.45) is 0. The zero-order valence-electron chi connectivity index (χ0n) is 15.0. The first kappa shape index (κ1) is 14.3. The fourth-order valence-corrected chi connectivity index (χ4v) is 4.81. The lowest BCUT2D eigenvalue weighted by molar-refractivity contribution is 0.673. The van der Waals surface area contributed by atoms with Crippen molar-refractivity contribution in [2.24, 2.45) is 0 Å². The van der Waals surface area contributed by atoms with Gasteiger partial charge in [0, 0.05) is 37.8 Å². The minimum atomic E-state index is 0.938. The van der Waals surface area contributed by atoms with Crippen molar-refractivity contribution < 1.29 is 4.42 Å². The molecule has 2 nitrogen and oxygen atoms in total. The number of benzene rings is 5. The highest BCUT2D eigenvalue weighted by Crippen LogP contribution is 2.43. The van der Waals surface area contributed by atoms with Gasteiger partial charge in [-0.3, -0.25) is 0 Å². The second-order valence-corrected chi connectivity index (χ2v) is 7.43. The minimum absolute atomic E-state index is 0.938. The van der Waals surface area contributed by atoms with Crippen LogP contribution >= 0.6 is 0 Å². The number of H-pyrrole nitrogens is 1. The first-order valence-electron chi connectivity index (χ1n) is 9.55. The minimum Gasteiger partial charge on any atom is -0.455 e. The molecular weight excluding hydrogens is 342 g/mol. The van der Waals surface area contributed by atoms with E-state index in [1.807, 2.05) is 12.1 Å². The Balaban J connectivity index is 1.88. The van der Waals surface area contributed by atoms with E-state index < -0.39 is 0 Å². The molecular formula is C26H15NO. The van der Waals surface area contributed by atoms with Crippen LogP contribution in [0.4, 0.5) is 0 Å². The molecule has 130 valence electrons. The van der Waals surface area contributed by atoms with Crippen molar-refractivity contribution in [1.82, 2.24) is 4.98 Å². The standard InChI is InChI=1S/C26H15NO/c1-2-9-17-16(8-1)24-20(23-19-10-3-5-11-21(19)27-25(17)23)14-13-18-15-7-4-6-12-22(15)28-26(18)24/h1-14,27H. The quantitative estimate of drug-likeness (QED) is 0.279. The molecule has 0 aliphatic rings. The van der Waals surface area contributed by atoms with Crippen LogP contribution < -0.4 is 0 Å². The molecule has 0 aliphatic carbocycles. The Morgan fingerprint density at radius 3 is 2.07 bits per heavy atom. The number of aromatic nitrogens is 1. The number of hydrogen-bond acceptors (Lipinski definition) is 1. The highest BCUT2D eigenvalue weighted by molar-refractivity contribution is 6.36. The molecule has 7 rings (SSSR count). The van der Waals surface area contributed by atoms with E-state index in [4.69, 9.17) is 4.42 Å². The second-order valence-electron chi connectivity index (χ2n) is 7.43. The highest BCUT2D eigenvalue weighted by Gasteiger charge is 2.17. The van der Waals surface area contributed by atoms with Gasteiger partial charge in [-0.1, -0.05) is 66.7 Å². The summed E-state index contributed by atoms with van der Waals surface area (Å²) < 4.78 is 6.40. The van der Waals surface area contributed by atoms with Crippen molar-refractivity contribution in [3.05, 3.63) is 84.9 Å². The second kappa shape index (κ2) is 4.93. The van der Waals surface area contributed by atoms with Crippen molar-refractivity contribution >= 4 is 65.3 Å². The van der Waals surface area contributed by atoms with E-state index in [2.05, 4.69) is 77.8 Å². The van der Waals surface area contributed by atoms with Gasteiger partial charge in [0.2, 0.25) is 0 Å². The third-order valence-electron chi connectivity index (χ3n) is 5.99. The molecule has 2 aromatic heterocycles. The Kier molecular flexibility index (Phi) is 2.52. The lowest BCUT2D eigenvalue weighted by atomic mass is 9.95. The van der Waals surface area contributed by atoms with Gasteiger partial charge in [0.1, 0.15) is 11.2 Å². The van der Waals surface area contributed by atoms with Gasteiger partial charge < -0.3 is 9.40 Å². The molecule has 0 atom stereocenters. The molecule has 2 heteroatoms. The van der Waals surface area contributed by atoms with Crippen LogP contribution in [0.1, 0.15) is 0 Å². The molecule has 0 bridgehead atoms. The molecule has 0 spiro atoms. The van der Waals surface area contributed by atoms with E-state index >= 15 is 0 Å². The van der Waals surface area contributed by atoms with Gasteiger partial charge in [-0.15, -0.1) is 0 Å². The number of furan rings is 1. The summed E-state index contributed by atoms with van der Waals surface area (Å²) in [5.41, 5.74) is 4.27. The number of nitrogens with one attached hydrogen (secondary N) is 1. The number of para-hydroxylation sites is 2. The zero-order valence-corrected chi connectivity index (χ0v) is 15.0. The van der Waals surface area contributed by atoms with E-state index in [1.165, 1.54) is 54.1 Å². The predicted molar refractivity (Wildman–Crippen MR) is 118 cm³/mol. The predicted octanol–water partition coefficient (Wildman–Crippen LogP) is 7.53. The van der Waals surface area contributed by atoms with Gasteiger partial charge in [-0.2, -0.15) is 0 Å². The maximum Gasteiger partial charge on any atom is 0.143 e. The van der Waals surface area contributed by atoms with Gasteiger partial charge in [-0.05, 0) is 29.0 Å². The lowest BCUT2D eigenvalue weighted by Crippen LogP contribution is -1.82. The molecule has 0 unspecified atom stereocenters. The SMILES string of the molecule is c1ccc2c(c1)[nH]c1c3ccccc3c3c(ccc4c5ccccc5oc43)c21. The fraction of sp³-hybridized carbons (Fsp3) is 0. The smallest absolute Gasteiger partial charge is 0.143 e. The van der Waals surface area contributed by atoms with E-state index in [0.29, 0.717) is 0 Å². The van der Waals surface area contributed by atoms with E-state index in [1.54, 1.807) is 0 Å². The summed E-state index contributed by atoms with van der Waals surface area (Å²) in [6, 6.07) is 29.9. The van der Waals surface area contributed by atoms with Crippen molar-refractivity contribution in [3.63, 3.8) is 0 Å². The van der Waals surface area contributed by atoms with Gasteiger partial charge >= 0.3 is 0 Å². The van der Waals surface area contributed by atoms with Crippen LogP contribution in [-0.2, 0) is 0 Å². The molecule has 5 aromatic carbocycles. The first-order chi connectivity index (χ1) is 13.9. The molecule has 28 heavy (non-hydrogen) atoms. The number of fused-ring (bicyclic) bond motifs is 12. The fourth-order valence-electron chi connectivity index (χ4n) is 4.81. The van der Waals surface area contributed by atoms with Crippen molar-refractivity contribution in [1.29, 1.82) is 0 Å². The molecule has 1 N–H and O–H groups in total. The number of aromatic amines is 1. The van der Waals surface area contributed by atoms with E-state index in [0.717, 1.165) is 11.2 Å². The van der Waals surface area contributed by atoms with Gasteiger partial charge in [0.25, 0.3) is 0 Å². The van der Waals surface area contributed by atoms with Crippen LogP contribution in [0.5, 0.6) is 0 Å². The normalized spacial score (nSPS) is 12.3. The summed E-state index contributed by atoms with van der Waals surface area (Å²) in [6.45, 7) is 0. The first-order valence-corrected chi connectivity index (χ1v) is 9.55. The monoisotopic (exact) mass is 357 g/mol. The number of hydrogen-bond donors (Lipinski definition) is 1. The lowest BCUT2D eigenvalue weighted by Gasteiger charge is -2.08. The highest BCUT2D eigenvalue weighted by atomic mass is 16.3. The molecule has 0 fully saturated rings. The summed E-state index contributed by atoms with van der Waals surface area (Å²) in [5, 5.41) is 9.75. The molecule has 0 saturated carbocycles. The summed E-state index contributed by atoms with van der Waals surface area (Å²) in [5.74, 6) is 0. The Morgan fingerprint density at radius 2 is 1.18 bits per heavy atom. The van der Waals surface area contributed by atoms with Crippen LogP contribution in [0.15, 0.2) is 89.3 Å². The van der Waals surface area contributed by atoms with E-state index in [-0.39, 0.29) is 0 Å². The molecule has 0 aliphatic heterocycles. The molecule has 7 aromatic rings. The Morgan fingerprint density at radius 1 is 0.500 bits per heavy atom. The summed E-state index contributed by atoms with van der Waals surface area (Å²) in [4.78, 5) is 3.66. The van der Waals surface area contributed by atoms with Crippen molar-refractivity contribution in [2.75, 3.05) is 0 Å². The maximum absolute atomic E-state index is 6.40. The Labute approximate surface area is 160 Å². The van der Waals surface area contributed by atoms with Crippen molar-refractivity contribution in [2.45, 2.75) is 0 Å². The van der Waals surface area contributed by atoms with Gasteiger partial charge in [0.05, 0.1) is 5.52 Å². The third kappa shape index (κ3) is 1.64. The third-order valence-corrected chi connectivity index (χ3v) is 5.99. The zero-order chi connectivity index (χ0) is 18.2. The number of rotatable bonds is 0. The van der Waals surface area contributed by atoms with E-state index in [9.17, 15) is 0 Å². The Bertz CT molecular complexity index is 1720. The maximum atomic E-state index is 6.40. The van der Waals surface area contributed by atoms with Crippen LogP contribution in [0, 0.1) is 0 Å². The van der Waals surface area contributed by atoms with Crippen LogP contribution in [-0.4, -0.2) is 4.98 Å².